The third-order valence-corrected chi connectivity index (χ3v) is 3.00. The lowest BCUT2D eigenvalue weighted by Gasteiger charge is -2.13. The lowest BCUT2D eigenvalue weighted by molar-refractivity contribution is 0.00326. The van der Waals surface area contributed by atoms with Crippen LogP contribution in [0.15, 0.2) is 24.3 Å². The summed E-state index contributed by atoms with van der Waals surface area (Å²) in [7, 11) is 0. The van der Waals surface area contributed by atoms with Crippen LogP contribution in [0, 0.1) is 5.92 Å². The van der Waals surface area contributed by atoms with E-state index in [1.54, 1.807) is 0 Å². The molecule has 1 N–H and O–H groups in total. The van der Waals surface area contributed by atoms with Crippen LogP contribution in [-0.2, 0) is 15.9 Å². The van der Waals surface area contributed by atoms with Gasteiger partial charge in [0.1, 0.15) is 6.10 Å². The summed E-state index contributed by atoms with van der Waals surface area (Å²) in [6.45, 7) is 8.70. The SMILES string of the molecule is CCCOCCOCC(O)c1ccc(CC(C)C)cc1. The second-order valence-corrected chi connectivity index (χ2v) is 5.54. The Bertz CT molecular complexity index is 346. The standard InChI is InChI=1S/C17H28O3/c1-4-9-19-10-11-20-13-17(18)16-7-5-15(6-8-16)12-14(2)3/h5-8,14,17-18H,4,9-13H2,1-3H3. The summed E-state index contributed by atoms with van der Waals surface area (Å²) in [5.74, 6) is 0.650. The fourth-order valence-electron chi connectivity index (χ4n) is 2.00. The van der Waals surface area contributed by atoms with E-state index in [1.807, 2.05) is 12.1 Å². The fourth-order valence-corrected chi connectivity index (χ4v) is 2.00. The van der Waals surface area contributed by atoms with Crippen LogP contribution < -0.4 is 0 Å². The first kappa shape index (κ1) is 17.2. The van der Waals surface area contributed by atoms with Crippen LogP contribution in [0.3, 0.4) is 0 Å². The second kappa shape index (κ2) is 9.92. The molecule has 0 radical (unpaired) electrons. The minimum Gasteiger partial charge on any atom is -0.386 e. The van der Waals surface area contributed by atoms with Crippen LogP contribution in [0.25, 0.3) is 0 Å². The van der Waals surface area contributed by atoms with Gasteiger partial charge in [0.05, 0.1) is 19.8 Å². The summed E-state index contributed by atoms with van der Waals surface area (Å²) in [6.07, 6.45) is 1.53. The van der Waals surface area contributed by atoms with Gasteiger partial charge in [-0.2, -0.15) is 0 Å². The first-order valence-corrected chi connectivity index (χ1v) is 7.55. The lowest BCUT2D eigenvalue weighted by Crippen LogP contribution is -2.11. The predicted octanol–water partition coefficient (Wildman–Crippen LogP) is 3.36. The van der Waals surface area contributed by atoms with Crippen LogP contribution in [0.2, 0.25) is 0 Å². The Morgan fingerprint density at radius 1 is 1.00 bits per heavy atom. The van der Waals surface area contributed by atoms with Gasteiger partial charge in [0.15, 0.2) is 0 Å². The van der Waals surface area contributed by atoms with Crippen LogP contribution in [-0.4, -0.2) is 31.5 Å². The van der Waals surface area contributed by atoms with Gasteiger partial charge < -0.3 is 14.6 Å². The van der Waals surface area contributed by atoms with Gasteiger partial charge in [-0.25, -0.2) is 0 Å². The van der Waals surface area contributed by atoms with Crippen molar-refractivity contribution in [2.75, 3.05) is 26.4 Å². The van der Waals surface area contributed by atoms with Crippen LogP contribution in [0.1, 0.15) is 44.4 Å². The molecule has 3 heteroatoms. The van der Waals surface area contributed by atoms with E-state index in [4.69, 9.17) is 9.47 Å². The average Bonchev–Trinajstić information content (AvgIpc) is 2.42. The highest BCUT2D eigenvalue weighted by Gasteiger charge is 2.07. The molecular weight excluding hydrogens is 252 g/mol. The normalized spacial score (nSPS) is 12.8. The third-order valence-electron chi connectivity index (χ3n) is 3.00. The monoisotopic (exact) mass is 280 g/mol. The van der Waals surface area contributed by atoms with Gasteiger partial charge >= 0.3 is 0 Å². The Kier molecular flexibility index (Phi) is 8.51. The molecule has 1 unspecified atom stereocenters. The summed E-state index contributed by atoms with van der Waals surface area (Å²) < 4.78 is 10.7. The van der Waals surface area contributed by atoms with Crippen molar-refractivity contribution >= 4 is 0 Å². The van der Waals surface area contributed by atoms with Gasteiger partial charge in [0, 0.05) is 6.61 Å². The van der Waals surface area contributed by atoms with Crippen molar-refractivity contribution in [3.63, 3.8) is 0 Å². The van der Waals surface area contributed by atoms with Crippen molar-refractivity contribution in [3.8, 4) is 0 Å². The molecule has 0 spiro atoms. The number of aliphatic hydroxyl groups excluding tert-OH is 1. The number of rotatable bonds is 10. The number of aliphatic hydroxyl groups is 1. The molecule has 3 nitrogen and oxygen atoms in total. The zero-order chi connectivity index (χ0) is 14.8. The van der Waals surface area contributed by atoms with Gasteiger partial charge in [-0.3, -0.25) is 0 Å². The predicted molar refractivity (Wildman–Crippen MR) is 81.9 cm³/mol. The third kappa shape index (κ3) is 7.04. The van der Waals surface area contributed by atoms with E-state index in [0.29, 0.717) is 25.7 Å². The van der Waals surface area contributed by atoms with E-state index >= 15 is 0 Å². The quantitative estimate of drug-likeness (QED) is 0.668. The van der Waals surface area contributed by atoms with Gasteiger partial charge in [0.25, 0.3) is 0 Å². The zero-order valence-electron chi connectivity index (χ0n) is 13.0. The largest absolute Gasteiger partial charge is 0.386 e. The molecule has 0 heterocycles. The highest BCUT2D eigenvalue weighted by molar-refractivity contribution is 5.24. The van der Waals surface area contributed by atoms with Gasteiger partial charge in [0.2, 0.25) is 0 Å². The minimum absolute atomic E-state index is 0.318. The number of hydrogen-bond donors (Lipinski definition) is 1. The Morgan fingerprint density at radius 2 is 1.65 bits per heavy atom. The van der Waals surface area contributed by atoms with Crippen molar-refractivity contribution in [1.29, 1.82) is 0 Å². The van der Waals surface area contributed by atoms with E-state index < -0.39 is 6.10 Å². The minimum atomic E-state index is -0.561. The van der Waals surface area contributed by atoms with E-state index in [-0.39, 0.29) is 0 Å². The van der Waals surface area contributed by atoms with Gasteiger partial charge in [-0.1, -0.05) is 45.0 Å². The summed E-state index contributed by atoms with van der Waals surface area (Å²) in [5.41, 5.74) is 2.22. The first-order chi connectivity index (χ1) is 9.63. The molecule has 0 bridgehead atoms. The molecule has 0 aliphatic carbocycles. The molecule has 1 rings (SSSR count). The van der Waals surface area contributed by atoms with E-state index in [2.05, 4.69) is 32.9 Å². The smallest absolute Gasteiger partial charge is 0.102 e. The summed E-state index contributed by atoms with van der Waals surface area (Å²) >= 11 is 0. The Hall–Kier alpha value is -0.900. The molecule has 0 amide bonds. The van der Waals surface area contributed by atoms with Gasteiger partial charge in [-0.15, -0.1) is 0 Å². The van der Waals surface area contributed by atoms with Crippen molar-refractivity contribution < 1.29 is 14.6 Å². The van der Waals surface area contributed by atoms with Crippen molar-refractivity contribution in [3.05, 3.63) is 35.4 Å². The van der Waals surface area contributed by atoms with E-state index in [9.17, 15) is 5.11 Å². The molecule has 0 saturated heterocycles. The number of hydrogen-bond acceptors (Lipinski definition) is 3. The van der Waals surface area contributed by atoms with Crippen LogP contribution >= 0.6 is 0 Å². The number of ether oxygens (including phenoxy) is 2. The molecule has 1 aromatic carbocycles. The molecule has 114 valence electrons. The molecule has 0 aliphatic heterocycles. The van der Waals surface area contributed by atoms with Crippen LogP contribution in [0.4, 0.5) is 0 Å². The fraction of sp³-hybridized carbons (Fsp3) is 0.647. The molecule has 0 saturated carbocycles. The van der Waals surface area contributed by atoms with E-state index in [0.717, 1.165) is 25.0 Å². The highest BCUT2D eigenvalue weighted by atomic mass is 16.5. The maximum absolute atomic E-state index is 10.0. The molecule has 20 heavy (non-hydrogen) atoms. The summed E-state index contributed by atoms with van der Waals surface area (Å²) in [4.78, 5) is 0. The maximum atomic E-state index is 10.0. The van der Waals surface area contributed by atoms with Gasteiger partial charge in [-0.05, 0) is 29.9 Å². The Balaban J connectivity index is 2.27. The number of benzene rings is 1. The van der Waals surface area contributed by atoms with Crippen LogP contribution in [0.5, 0.6) is 0 Å². The molecule has 0 aromatic heterocycles. The van der Waals surface area contributed by atoms with Crippen molar-refractivity contribution in [2.45, 2.75) is 39.7 Å². The summed E-state index contributed by atoms with van der Waals surface area (Å²) in [6, 6.07) is 8.14. The molecule has 0 aliphatic rings. The maximum Gasteiger partial charge on any atom is 0.102 e. The first-order valence-electron chi connectivity index (χ1n) is 7.55. The molecule has 0 fully saturated rings. The second-order valence-electron chi connectivity index (χ2n) is 5.54. The van der Waals surface area contributed by atoms with Crippen molar-refractivity contribution in [2.24, 2.45) is 5.92 Å². The molecular formula is C17H28O3. The topological polar surface area (TPSA) is 38.7 Å². The molecule has 1 atom stereocenters. The Morgan fingerprint density at radius 3 is 2.25 bits per heavy atom. The lowest BCUT2D eigenvalue weighted by atomic mass is 10.0. The zero-order valence-corrected chi connectivity index (χ0v) is 13.0. The highest BCUT2D eigenvalue weighted by Crippen LogP contribution is 2.16. The van der Waals surface area contributed by atoms with Crippen molar-refractivity contribution in [1.82, 2.24) is 0 Å². The Labute approximate surface area is 122 Å². The average molecular weight is 280 g/mol. The molecule has 1 aromatic rings. The van der Waals surface area contributed by atoms with E-state index in [1.165, 1.54) is 5.56 Å². The summed E-state index contributed by atoms with van der Waals surface area (Å²) in [5, 5.41) is 10.0.